The first-order valence-electron chi connectivity index (χ1n) is 29.4. The number of carbonyl (C=O) groups is 1. The highest BCUT2D eigenvalue weighted by molar-refractivity contribution is 9.11. The summed E-state index contributed by atoms with van der Waals surface area (Å²) in [5, 5.41) is 31.0. The van der Waals surface area contributed by atoms with Crippen molar-refractivity contribution in [1.29, 1.82) is 0 Å². The SMILES string of the molecule is Brc1ccc(N=Cc2c[nH]c3ccccc23)c(Br)c1.Clc1cccc(N=Nc2c[nH]c3ccccc23)c1.Clc1ccccc1N=Nc1c[nH]c2ccccc12.FC(F)(F)c1ccccc1N=Nc1c[nH]c2ccccc12.NC(=O)c1ccccc1N=Cc1c[nH]c2ccccc12. The minimum atomic E-state index is -4.45. The number of benzene rings is 10. The van der Waals surface area contributed by atoms with Crippen molar-refractivity contribution in [3.05, 3.63) is 309 Å². The van der Waals surface area contributed by atoms with Gasteiger partial charge < -0.3 is 30.7 Å². The van der Waals surface area contributed by atoms with Gasteiger partial charge in [-0.1, -0.05) is 173 Å². The van der Waals surface area contributed by atoms with Crippen molar-refractivity contribution in [2.45, 2.75) is 6.18 Å². The van der Waals surface area contributed by atoms with Crippen LogP contribution in [0.2, 0.25) is 10.0 Å². The summed E-state index contributed by atoms with van der Waals surface area (Å²) >= 11 is 18.9. The Hall–Kier alpha value is -11.2. The maximum Gasteiger partial charge on any atom is 0.418 e. The van der Waals surface area contributed by atoms with E-state index in [2.05, 4.69) is 110 Å². The molecule has 15 nitrogen and oxygen atoms in total. The first-order valence-corrected chi connectivity index (χ1v) is 31.7. The fourth-order valence-corrected chi connectivity index (χ4v) is 11.2. The van der Waals surface area contributed by atoms with Crippen molar-refractivity contribution in [3.63, 3.8) is 0 Å². The Labute approximate surface area is 573 Å². The molecule has 0 spiro atoms. The van der Waals surface area contributed by atoms with Crippen molar-refractivity contribution in [1.82, 2.24) is 24.9 Å². The molecule has 10 aromatic carbocycles. The van der Waals surface area contributed by atoms with Gasteiger partial charge >= 0.3 is 6.18 Å². The zero-order chi connectivity index (χ0) is 66.8. The highest BCUT2D eigenvalue weighted by Gasteiger charge is 2.33. The van der Waals surface area contributed by atoms with Gasteiger partial charge in [0, 0.05) is 123 Å². The van der Waals surface area contributed by atoms with Crippen LogP contribution in [0.15, 0.2) is 317 Å². The van der Waals surface area contributed by atoms with E-state index in [9.17, 15) is 18.0 Å². The monoisotopic (exact) mass is 1440 g/mol. The number of nitrogens with two attached hydrogens (primary N) is 1. The second-order valence-electron chi connectivity index (χ2n) is 20.8. The van der Waals surface area contributed by atoms with Gasteiger partial charge in [0.2, 0.25) is 0 Å². The van der Waals surface area contributed by atoms with E-state index >= 15 is 0 Å². The molecule has 5 heterocycles. The van der Waals surface area contributed by atoms with E-state index in [1.54, 1.807) is 42.7 Å². The third-order valence-electron chi connectivity index (χ3n) is 14.4. The Bertz CT molecular complexity index is 5340. The number of nitrogens with one attached hydrogen (secondary N) is 5. The van der Waals surface area contributed by atoms with Crippen LogP contribution >= 0.6 is 55.1 Å². The van der Waals surface area contributed by atoms with Crippen molar-refractivity contribution < 1.29 is 18.0 Å². The van der Waals surface area contributed by atoms with Crippen LogP contribution in [0.4, 0.5) is 58.7 Å². The number of aromatic nitrogens is 5. The van der Waals surface area contributed by atoms with Gasteiger partial charge in [-0.15, -0.1) is 25.6 Å². The number of nitrogens with zero attached hydrogens (tertiary/aromatic N) is 8. The highest BCUT2D eigenvalue weighted by atomic mass is 79.9. The van der Waals surface area contributed by atoms with E-state index in [1.807, 2.05) is 201 Å². The summed E-state index contributed by atoms with van der Waals surface area (Å²) in [6.07, 6.45) is 8.33. The molecule has 96 heavy (non-hydrogen) atoms. The number of aromatic amines is 5. The lowest BCUT2D eigenvalue weighted by atomic mass is 10.1. The van der Waals surface area contributed by atoms with Crippen LogP contribution in [0.1, 0.15) is 27.0 Å². The zero-order valence-corrected chi connectivity index (χ0v) is 55.0. The van der Waals surface area contributed by atoms with Gasteiger partial charge in [0.15, 0.2) is 0 Å². The number of para-hydroxylation sites is 6. The van der Waals surface area contributed by atoms with Gasteiger partial charge in [0.25, 0.3) is 5.91 Å². The molecule has 0 radical (unpaired) electrons. The topological polar surface area (TPSA) is 221 Å². The number of carbonyl (C=O) groups excluding carboxylic acids is 1. The summed E-state index contributed by atoms with van der Waals surface area (Å²) in [7, 11) is 0. The van der Waals surface area contributed by atoms with E-state index in [-0.39, 0.29) is 5.69 Å². The van der Waals surface area contributed by atoms with Crippen LogP contribution in [-0.4, -0.2) is 43.3 Å². The van der Waals surface area contributed by atoms with Crippen LogP contribution in [0.5, 0.6) is 0 Å². The minimum Gasteiger partial charge on any atom is -0.366 e. The summed E-state index contributed by atoms with van der Waals surface area (Å²) in [6.45, 7) is 0. The number of hydrogen-bond acceptors (Lipinski definition) is 9. The van der Waals surface area contributed by atoms with Crippen molar-refractivity contribution in [3.8, 4) is 0 Å². The van der Waals surface area contributed by atoms with E-state index in [1.165, 1.54) is 23.6 Å². The number of azo groups is 3. The molecule has 0 unspecified atom stereocenters. The summed E-state index contributed by atoms with van der Waals surface area (Å²) < 4.78 is 40.6. The molecule has 5 aromatic heterocycles. The van der Waals surface area contributed by atoms with Crippen molar-refractivity contribution >= 4 is 173 Å². The molecular weight excluding hydrogens is 1390 g/mol. The average molecular weight is 1440 g/mol. The minimum absolute atomic E-state index is 0.199. The summed E-state index contributed by atoms with van der Waals surface area (Å²) in [5.74, 6) is -0.475. The molecule has 7 N–H and O–H groups in total. The first-order chi connectivity index (χ1) is 46.7. The lowest BCUT2D eigenvalue weighted by molar-refractivity contribution is -0.137. The van der Waals surface area contributed by atoms with E-state index in [0.29, 0.717) is 32.7 Å². The Morgan fingerprint density at radius 2 is 0.802 bits per heavy atom. The van der Waals surface area contributed by atoms with E-state index in [4.69, 9.17) is 28.9 Å². The highest BCUT2D eigenvalue weighted by Crippen LogP contribution is 2.38. The van der Waals surface area contributed by atoms with Gasteiger partial charge in [-0.05, 0) is 119 Å². The molecule has 22 heteroatoms. The van der Waals surface area contributed by atoms with E-state index in [0.717, 1.165) is 98.0 Å². The predicted molar refractivity (Wildman–Crippen MR) is 390 cm³/mol. The number of alkyl halides is 3. The molecule has 474 valence electrons. The normalized spacial score (nSPS) is 11.6. The van der Waals surface area contributed by atoms with Crippen LogP contribution in [-0.2, 0) is 6.18 Å². The quantitative estimate of drug-likeness (QED) is 0.0540. The average Bonchev–Trinajstić information content (AvgIpc) is 1.98. The Morgan fingerprint density at radius 1 is 0.396 bits per heavy atom. The molecule has 0 saturated heterocycles. The maximum atomic E-state index is 12.9. The number of hydrogen-bond donors (Lipinski definition) is 6. The Morgan fingerprint density at radius 3 is 1.30 bits per heavy atom. The summed E-state index contributed by atoms with van der Waals surface area (Å²) in [4.78, 5) is 36.0. The molecule has 0 aliphatic rings. The van der Waals surface area contributed by atoms with Gasteiger partial charge in [-0.25, -0.2) is 0 Å². The number of H-pyrrole nitrogens is 5. The molecule has 15 rings (SSSR count). The molecule has 0 aliphatic heterocycles. The van der Waals surface area contributed by atoms with Crippen molar-refractivity contribution in [2.75, 3.05) is 0 Å². The van der Waals surface area contributed by atoms with Crippen LogP contribution < -0.4 is 5.73 Å². The van der Waals surface area contributed by atoms with Crippen LogP contribution in [0, 0.1) is 0 Å². The molecule has 0 bridgehead atoms. The lowest BCUT2D eigenvalue weighted by Gasteiger charge is -2.08. The van der Waals surface area contributed by atoms with Gasteiger partial charge in [-0.2, -0.15) is 18.3 Å². The molecule has 0 atom stereocenters. The molecule has 1 amide bonds. The number of aliphatic imine (C=N–C) groups is 2. The van der Waals surface area contributed by atoms with E-state index < -0.39 is 17.6 Å². The fraction of sp³-hybridized carbons (Fsp3) is 0.0135. The fourth-order valence-electron chi connectivity index (χ4n) is 9.68. The third-order valence-corrected chi connectivity index (χ3v) is 16.1. The van der Waals surface area contributed by atoms with Crippen LogP contribution in [0.25, 0.3) is 54.5 Å². The number of halogens is 7. The maximum absolute atomic E-state index is 12.9. The third kappa shape index (κ3) is 17.2. The molecule has 0 aliphatic carbocycles. The van der Waals surface area contributed by atoms with Gasteiger partial charge in [0.1, 0.15) is 22.7 Å². The second-order valence-corrected chi connectivity index (χ2v) is 23.4. The molecule has 0 fully saturated rings. The molecule has 15 aromatic rings. The van der Waals surface area contributed by atoms with Crippen LogP contribution in [0.3, 0.4) is 0 Å². The predicted octanol–water partition coefficient (Wildman–Crippen LogP) is 24.5. The Balaban J connectivity index is 0.000000122. The summed E-state index contributed by atoms with van der Waals surface area (Å²) in [6, 6.07) is 72.3. The number of rotatable bonds is 11. The summed E-state index contributed by atoms with van der Waals surface area (Å²) in [5.41, 5.74) is 17.0. The molecular formula is C74H53Br2Cl2F3N14O. The standard InChI is InChI=1S/C16H13N3O.C15H10Br2N2.C15H10F3N3.2C14H10ClN3/c17-16(20)13-6-2-4-8-15(13)19-10-11-9-18-14-7-3-1-5-12(11)14;16-11-5-6-15(13(17)7-11)19-9-10-8-18-14-4-2-1-3-12(10)14;16-15(17,18)11-6-2-4-8-13(11)20-21-14-9-19-12-7-3-1-5-10(12)14;15-11-6-2-4-8-13(11)17-18-14-9-16-12-7-3-1-5-10(12)14;15-10-4-3-5-11(8-10)17-18-14-9-16-13-7-2-1-6-12(13)14/h1-10,18H,(H2,17,20);1-9,18H;1-9,19H;2*1-9,16H. The zero-order valence-electron chi connectivity index (χ0n) is 50.3. The number of primary amides is 1. The smallest absolute Gasteiger partial charge is 0.366 e. The van der Waals surface area contributed by atoms with Gasteiger partial charge in [-0.3, -0.25) is 14.8 Å². The van der Waals surface area contributed by atoms with Gasteiger partial charge in [0.05, 0.1) is 38.9 Å². The first kappa shape index (κ1) is 66.3. The Kier molecular flexibility index (Phi) is 21.9. The largest absolute Gasteiger partial charge is 0.418 e. The second kappa shape index (κ2) is 31.6. The van der Waals surface area contributed by atoms with Crippen molar-refractivity contribution in [2.24, 2.45) is 46.4 Å². The number of fused-ring (bicyclic) bond motifs is 5. The number of amides is 1. The molecule has 0 saturated carbocycles. The lowest BCUT2D eigenvalue weighted by Crippen LogP contribution is -2.10.